The molecule has 0 aliphatic carbocycles. The van der Waals surface area contributed by atoms with Crippen molar-refractivity contribution in [2.24, 2.45) is 0 Å². The molecule has 0 fully saturated rings. The van der Waals surface area contributed by atoms with Gasteiger partial charge in [-0.2, -0.15) is 0 Å². The van der Waals surface area contributed by atoms with E-state index >= 15 is 0 Å². The number of carbonyl (C=O) groups excluding carboxylic acids is 1. The molecule has 3 rings (SSSR count). The highest BCUT2D eigenvalue weighted by Crippen LogP contribution is 2.21. The lowest BCUT2D eigenvalue weighted by molar-refractivity contribution is 0.0991. The van der Waals surface area contributed by atoms with Crippen LogP contribution in [-0.2, 0) is 0 Å². The lowest BCUT2D eigenvalue weighted by Crippen LogP contribution is -2.33. The van der Waals surface area contributed by atoms with Crippen molar-refractivity contribution in [2.75, 3.05) is 11.9 Å². The highest BCUT2D eigenvalue weighted by atomic mass is 32.1. The number of aromatic nitrogens is 2. The minimum absolute atomic E-state index is 0.0779. The minimum Gasteiger partial charge on any atom is -0.311 e. The summed E-state index contributed by atoms with van der Waals surface area (Å²) in [5.74, 6) is -0.353. The third-order valence-corrected chi connectivity index (χ3v) is 5.50. The van der Waals surface area contributed by atoms with Crippen LogP contribution in [0.25, 0.3) is 4.96 Å². The quantitative estimate of drug-likeness (QED) is 0.719. The standard InChI is InChI=1S/C18H19N3O2S/c1-10-6-7-14(8-11(10)2)20(5)16(22)15-9-19-18-21(17(15)23)12(3)13(4)24-18/h6-9H,1-5H3. The predicted molar refractivity (Wildman–Crippen MR) is 97.5 cm³/mol. The molecule has 2 aromatic heterocycles. The van der Waals surface area contributed by atoms with E-state index < -0.39 is 0 Å². The van der Waals surface area contributed by atoms with E-state index in [9.17, 15) is 9.59 Å². The topological polar surface area (TPSA) is 54.7 Å². The Kier molecular flexibility index (Phi) is 4.01. The third kappa shape index (κ3) is 2.53. The van der Waals surface area contributed by atoms with Gasteiger partial charge >= 0.3 is 0 Å². The maximum Gasteiger partial charge on any atom is 0.271 e. The summed E-state index contributed by atoms with van der Waals surface area (Å²) in [6.45, 7) is 7.82. The molecular formula is C18H19N3O2S. The monoisotopic (exact) mass is 341 g/mol. The summed E-state index contributed by atoms with van der Waals surface area (Å²) < 4.78 is 1.52. The van der Waals surface area contributed by atoms with Crippen molar-refractivity contribution < 1.29 is 4.79 Å². The first-order valence-corrected chi connectivity index (χ1v) is 8.46. The molecule has 0 aliphatic heterocycles. The number of hydrogen-bond donors (Lipinski definition) is 0. The van der Waals surface area contributed by atoms with Gasteiger partial charge in [0.1, 0.15) is 5.56 Å². The summed E-state index contributed by atoms with van der Waals surface area (Å²) in [5.41, 5.74) is 3.60. The molecule has 1 aromatic carbocycles. The Labute approximate surface area is 144 Å². The first kappa shape index (κ1) is 16.4. The van der Waals surface area contributed by atoms with Gasteiger partial charge in [-0.25, -0.2) is 4.98 Å². The molecule has 124 valence electrons. The molecular weight excluding hydrogens is 322 g/mol. The van der Waals surface area contributed by atoms with Gasteiger partial charge < -0.3 is 4.90 Å². The summed E-state index contributed by atoms with van der Waals surface area (Å²) >= 11 is 1.45. The summed E-state index contributed by atoms with van der Waals surface area (Å²) in [4.78, 5) is 33.0. The Hall–Kier alpha value is -2.47. The molecule has 24 heavy (non-hydrogen) atoms. The van der Waals surface area contributed by atoms with E-state index in [1.54, 1.807) is 7.05 Å². The number of rotatable bonds is 2. The van der Waals surface area contributed by atoms with Crippen molar-refractivity contribution in [1.82, 2.24) is 9.38 Å². The van der Waals surface area contributed by atoms with Gasteiger partial charge in [0.15, 0.2) is 4.96 Å². The average molecular weight is 341 g/mol. The van der Waals surface area contributed by atoms with Crippen LogP contribution in [0.2, 0.25) is 0 Å². The first-order valence-electron chi connectivity index (χ1n) is 7.64. The molecule has 0 saturated heterocycles. The molecule has 0 radical (unpaired) electrons. The van der Waals surface area contributed by atoms with Gasteiger partial charge in [0, 0.05) is 29.5 Å². The Morgan fingerprint density at radius 1 is 1.17 bits per heavy atom. The fraction of sp³-hybridized carbons (Fsp3) is 0.278. The molecule has 0 bridgehead atoms. The Balaban J connectivity index is 2.08. The number of carbonyl (C=O) groups is 1. The van der Waals surface area contributed by atoms with Crippen LogP contribution in [0.5, 0.6) is 0 Å². The van der Waals surface area contributed by atoms with Crippen molar-refractivity contribution in [1.29, 1.82) is 0 Å². The zero-order chi connectivity index (χ0) is 17.6. The number of aryl methyl sites for hydroxylation is 4. The van der Waals surface area contributed by atoms with Crippen molar-refractivity contribution in [3.8, 4) is 0 Å². The highest BCUT2D eigenvalue weighted by molar-refractivity contribution is 7.17. The fourth-order valence-corrected chi connectivity index (χ4v) is 3.48. The molecule has 0 aliphatic rings. The Morgan fingerprint density at radius 3 is 2.54 bits per heavy atom. The number of hydrogen-bond acceptors (Lipinski definition) is 4. The number of amides is 1. The molecule has 5 nitrogen and oxygen atoms in total. The molecule has 0 spiro atoms. The van der Waals surface area contributed by atoms with Crippen molar-refractivity contribution in [3.63, 3.8) is 0 Å². The number of thiazole rings is 1. The highest BCUT2D eigenvalue weighted by Gasteiger charge is 2.20. The van der Waals surface area contributed by atoms with E-state index in [1.165, 1.54) is 26.8 Å². The smallest absolute Gasteiger partial charge is 0.271 e. The summed E-state index contributed by atoms with van der Waals surface area (Å²) in [6.07, 6.45) is 1.38. The second-order valence-electron chi connectivity index (χ2n) is 5.97. The molecule has 0 atom stereocenters. The lowest BCUT2D eigenvalue weighted by atomic mass is 10.1. The minimum atomic E-state index is -0.353. The molecule has 0 unspecified atom stereocenters. The van der Waals surface area contributed by atoms with Crippen molar-refractivity contribution in [3.05, 3.63) is 62.0 Å². The summed E-state index contributed by atoms with van der Waals surface area (Å²) in [5, 5.41) is 0. The van der Waals surface area contributed by atoms with Crippen molar-refractivity contribution in [2.45, 2.75) is 27.7 Å². The molecule has 6 heteroatoms. The molecule has 0 N–H and O–H groups in total. The van der Waals surface area contributed by atoms with Crippen LogP contribution in [0.4, 0.5) is 5.69 Å². The summed E-state index contributed by atoms with van der Waals surface area (Å²) in [7, 11) is 1.67. The first-order chi connectivity index (χ1) is 11.3. The van der Waals surface area contributed by atoms with Gasteiger partial charge in [0.2, 0.25) is 0 Å². The van der Waals surface area contributed by atoms with Crippen molar-refractivity contribution >= 4 is 27.9 Å². The summed E-state index contributed by atoms with van der Waals surface area (Å²) in [6, 6.07) is 5.79. The SMILES string of the molecule is Cc1ccc(N(C)C(=O)c2cnc3sc(C)c(C)n3c2=O)cc1C. The van der Waals surface area contributed by atoms with Crippen LogP contribution in [0, 0.1) is 27.7 Å². The van der Waals surface area contributed by atoms with Gasteiger partial charge in [0.05, 0.1) is 0 Å². The second-order valence-corrected chi connectivity index (χ2v) is 7.15. The van der Waals surface area contributed by atoms with E-state index in [2.05, 4.69) is 4.98 Å². The maximum atomic E-state index is 12.8. The van der Waals surface area contributed by atoms with Crippen LogP contribution in [0.15, 0.2) is 29.2 Å². The number of anilines is 1. The average Bonchev–Trinajstić information content (AvgIpc) is 2.84. The van der Waals surface area contributed by atoms with E-state index in [1.807, 2.05) is 45.9 Å². The zero-order valence-electron chi connectivity index (χ0n) is 14.4. The van der Waals surface area contributed by atoms with Gasteiger partial charge in [-0.15, -0.1) is 11.3 Å². The van der Waals surface area contributed by atoms with Crippen LogP contribution in [0.1, 0.15) is 32.1 Å². The lowest BCUT2D eigenvalue weighted by Gasteiger charge is -2.18. The largest absolute Gasteiger partial charge is 0.311 e. The van der Waals surface area contributed by atoms with Gasteiger partial charge in [-0.1, -0.05) is 6.07 Å². The molecule has 1 amide bonds. The van der Waals surface area contributed by atoms with Gasteiger partial charge in [-0.05, 0) is 51.0 Å². The van der Waals surface area contributed by atoms with E-state index in [-0.39, 0.29) is 17.0 Å². The normalized spacial score (nSPS) is 11.0. The molecule has 3 aromatic rings. The Morgan fingerprint density at radius 2 is 1.88 bits per heavy atom. The van der Waals surface area contributed by atoms with Crippen LogP contribution in [-0.4, -0.2) is 22.3 Å². The number of nitrogens with zero attached hydrogens (tertiary/aromatic N) is 3. The van der Waals surface area contributed by atoms with E-state index in [0.29, 0.717) is 4.96 Å². The molecule has 0 saturated carbocycles. The van der Waals surface area contributed by atoms with E-state index in [4.69, 9.17) is 0 Å². The van der Waals surface area contributed by atoms with Crippen LogP contribution in [0.3, 0.4) is 0 Å². The number of fused-ring (bicyclic) bond motifs is 1. The van der Waals surface area contributed by atoms with Crippen LogP contribution < -0.4 is 10.5 Å². The predicted octanol–water partition coefficient (Wildman–Crippen LogP) is 3.27. The third-order valence-electron chi connectivity index (χ3n) is 4.43. The fourth-order valence-electron chi connectivity index (χ4n) is 2.55. The van der Waals surface area contributed by atoms with E-state index in [0.717, 1.165) is 27.4 Å². The Bertz CT molecular complexity index is 1020. The van der Waals surface area contributed by atoms with Gasteiger partial charge in [0.25, 0.3) is 11.5 Å². The molecule has 2 heterocycles. The van der Waals surface area contributed by atoms with Crippen LogP contribution >= 0.6 is 11.3 Å². The van der Waals surface area contributed by atoms with Gasteiger partial charge in [-0.3, -0.25) is 14.0 Å². The second kappa shape index (κ2) is 5.87. The maximum absolute atomic E-state index is 12.8. The zero-order valence-corrected chi connectivity index (χ0v) is 15.2. The number of benzene rings is 1.